The van der Waals surface area contributed by atoms with E-state index in [4.69, 9.17) is 5.73 Å². The monoisotopic (exact) mass is 463 g/mol. The molecule has 34 heavy (non-hydrogen) atoms. The molecule has 3 aliphatic carbocycles. The van der Waals surface area contributed by atoms with Crippen molar-refractivity contribution >= 4 is 29.1 Å². The minimum Gasteiger partial charge on any atom is -0.336 e. The Morgan fingerprint density at radius 2 is 1.74 bits per heavy atom. The van der Waals surface area contributed by atoms with Crippen LogP contribution < -0.4 is 27.2 Å². The number of nitrogens with one attached hydrogen (secondary N) is 3. The van der Waals surface area contributed by atoms with Crippen molar-refractivity contribution in [3.05, 3.63) is 40.1 Å². The van der Waals surface area contributed by atoms with E-state index in [1.807, 2.05) is 6.92 Å². The van der Waals surface area contributed by atoms with Crippen LogP contribution in [-0.4, -0.2) is 32.9 Å². The number of nitrogens with zero attached hydrogens (tertiary/aromatic N) is 3. The second-order valence-corrected chi connectivity index (χ2v) is 10.6. The zero-order valence-corrected chi connectivity index (χ0v) is 19.2. The average molecular weight is 464 g/mol. The van der Waals surface area contributed by atoms with E-state index in [0.29, 0.717) is 35.0 Å². The maximum atomic E-state index is 13.6. The molecule has 0 saturated heterocycles. The Kier molecular flexibility index (Phi) is 4.45. The van der Waals surface area contributed by atoms with E-state index in [1.165, 1.54) is 19.2 Å². The largest absolute Gasteiger partial charge is 0.336 e. The van der Waals surface area contributed by atoms with Crippen LogP contribution in [0.15, 0.2) is 23.3 Å². The summed E-state index contributed by atoms with van der Waals surface area (Å²) in [4.78, 5) is 47.4. The van der Waals surface area contributed by atoms with Crippen molar-refractivity contribution in [2.45, 2.75) is 64.0 Å². The first-order chi connectivity index (χ1) is 16.3. The van der Waals surface area contributed by atoms with Crippen LogP contribution >= 0.6 is 0 Å². The fourth-order valence-corrected chi connectivity index (χ4v) is 5.62. The van der Waals surface area contributed by atoms with Gasteiger partial charge < -0.3 is 21.7 Å². The molecule has 0 unspecified atom stereocenters. The maximum absolute atomic E-state index is 13.6. The molecule has 2 spiro atoms. The van der Waals surface area contributed by atoms with Crippen LogP contribution in [0, 0.1) is 17.8 Å². The minimum absolute atomic E-state index is 0.148. The number of rotatable bonds is 5. The van der Waals surface area contributed by atoms with Crippen molar-refractivity contribution < 1.29 is 9.59 Å². The third-order valence-corrected chi connectivity index (χ3v) is 8.37. The van der Waals surface area contributed by atoms with Gasteiger partial charge in [-0.15, -0.1) is 0 Å². The van der Waals surface area contributed by atoms with Gasteiger partial charge in [-0.2, -0.15) is 0 Å². The Morgan fingerprint density at radius 3 is 2.38 bits per heavy atom. The van der Waals surface area contributed by atoms with Gasteiger partial charge in [0.15, 0.2) is 0 Å². The molecule has 0 atom stereocenters. The summed E-state index contributed by atoms with van der Waals surface area (Å²) in [6, 6.07) is 3.28. The van der Waals surface area contributed by atoms with Gasteiger partial charge in [0.2, 0.25) is 5.91 Å². The van der Waals surface area contributed by atoms with Gasteiger partial charge in [-0.25, -0.2) is 9.97 Å². The molecule has 5 N–H and O–H groups in total. The van der Waals surface area contributed by atoms with E-state index in [9.17, 15) is 14.4 Å². The Labute approximate surface area is 196 Å². The van der Waals surface area contributed by atoms with Crippen molar-refractivity contribution in [1.82, 2.24) is 19.9 Å². The molecule has 178 valence electrons. The number of anilines is 3. The Morgan fingerprint density at radius 1 is 1.06 bits per heavy atom. The molecule has 4 aliphatic rings. The molecule has 6 rings (SSSR count). The number of hydrogen-bond acceptors (Lipinski definition) is 7. The van der Waals surface area contributed by atoms with Gasteiger partial charge in [0.25, 0.3) is 11.5 Å². The van der Waals surface area contributed by atoms with E-state index in [-0.39, 0.29) is 17.4 Å². The molecule has 0 bridgehead atoms. The Hall–Kier alpha value is -3.27. The molecule has 3 saturated carbocycles. The number of fused-ring (bicyclic) bond motifs is 2. The fourth-order valence-electron chi connectivity index (χ4n) is 5.62. The molecule has 2 aromatic rings. The number of aryl methyl sites for hydroxylation is 1. The van der Waals surface area contributed by atoms with Crippen molar-refractivity contribution in [1.29, 1.82) is 0 Å². The first-order valence-electron chi connectivity index (χ1n) is 12.0. The zero-order chi connectivity index (χ0) is 23.7. The van der Waals surface area contributed by atoms with E-state index in [2.05, 4.69) is 25.9 Å². The Bertz CT molecular complexity index is 1270. The normalized spacial score (nSPS) is 22.2. The number of carbonyl (C=O) groups excluding carboxylic acids is 2. The lowest BCUT2D eigenvalue weighted by molar-refractivity contribution is -0.120. The number of carbonyl (C=O) groups is 2. The molecule has 3 heterocycles. The molecule has 2 amide bonds. The summed E-state index contributed by atoms with van der Waals surface area (Å²) in [6.45, 7) is 2.14. The summed E-state index contributed by atoms with van der Waals surface area (Å²) in [5.41, 5.74) is 6.26. The number of aromatic nitrogens is 3. The van der Waals surface area contributed by atoms with Crippen molar-refractivity contribution in [2.24, 2.45) is 16.6 Å². The number of pyridine rings is 1. The standard InChI is InChI=1S/C24H29N7O3/c1-14-10-15(28-16-11-17(27-13-26-16)29-21(34)23(12-25)6-7-23)20(33)31-18(14)19(32)30-24(31)8-4-22(2-3-22)5-9-24/h10-11,13H,2-9,12,25H2,1H3,(H,30,32)(H2,26,27,28,29,34). The second-order valence-electron chi connectivity index (χ2n) is 10.6. The molecule has 10 heteroatoms. The molecule has 0 aromatic carbocycles. The lowest BCUT2D eigenvalue weighted by atomic mass is 9.79. The second kappa shape index (κ2) is 7.11. The van der Waals surface area contributed by atoms with Crippen molar-refractivity contribution in [3.8, 4) is 0 Å². The molecular weight excluding hydrogens is 434 g/mol. The topological polar surface area (TPSA) is 144 Å². The van der Waals surface area contributed by atoms with Crippen LogP contribution in [0.5, 0.6) is 0 Å². The number of nitrogens with two attached hydrogens (primary N) is 1. The van der Waals surface area contributed by atoms with Crippen molar-refractivity contribution in [2.75, 3.05) is 17.2 Å². The van der Waals surface area contributed by atoms with E-state index in [0.717, 1.165) is 44.1 Å². The molecule has 3 fully saturated rings. The van der Waals surface area contributed by atoms with Gasteiger partial charge in [-0.05, 0) is 75.3 Å². The zero-order valence-electron chi connectivity index (χ0n) is 19.2. The fraction of sp³-hybridized carbons (Fsp3) is 0.542. The van der Waals surface area contributed by atoms with E-state index < -0.39 is 11.1 Å². The minimum atomic E-state index is -0.661. The summed E-state index contributed by atoms with van der Waals surface area (Å²) in [7, 11) is 0. The lowest BCUT2D eigenvalue weighted by Gasteiger charge is -2.39. The first-order valence-corrected chi connectivity index (χ1v) is 12.0. The van der Waals surface area contributed by atoms with Crippen molar-refractivity contribution in [3.63, 3.8) is 0 Å². The van der Waals surface area contributed by atoms with Crippen LogP contribution in [0.1, 0.15) is 67.4 Å². The van der Waals surface area contributed by atoms with Gasteiger partial charge in [0.05, 0.1) is 5.41 Å². The molecular formula is C24H29N7O3. The lowest BCUT2D eigenvalue weighted by Crippen LogP contribution is -2.50. The summed E-state index contributed by atoms with van der Waals surface area (Å²) in [5.74, 6) is 0.390. The molecule has 10 nitrogen and oxygen atoms in total. The third-order valence-electron chi connectivity index (χ3n) is 8.37. The number of hydrogen-bond donors (Lipinski definition) is 4. The smallest absolute Gasteiger partial charge is 0.276 e. The quantitative estimate of drug-likeness (QED) is 0.532. The molecule has 0 radical (unpaired) electrons. The highest BCUT2D eigenvalue weighted by molar-refractivity contribution is 5.97. The summed E-state index contributed by atoms with van der Waals surface area (Å²) < 4.78 is 1.67. The van der Waals surface area contributed by atoms with Crippen LogP contribution in [0.4, 0.5) is 17.3 Å². The van der Waals surface area contributed by atoms with Gasteiger partial charge in [-0.3, -0.25) is 19.0 Å². The van der Waals surface area contributed by atoms with Gasteiger partial charge in [0.1, 0.15) is 35.0 Å². The highest BCUT2D eigenvalue weighted by atomic mass is 16.2. The summed E-state index contributed by atoms with van der Waals surface area (Å²) in [6.07, 6.45) is 8.95. The van der Waals surface area contributed by atoms with Crippen LogP contribution in [0.3, 0.4) is 0 Å². The van der Waals surface area contributed by atoms with Gasteiger partial charge in [-0.1, -0.05) is 0 Å². The molecule has 1 aliphatic heterocycles. The van der Waals surface area contributed by atoms with Gasteiger partial charge in [0, 0.05) is 12.6 Å². The van der Waals surface area contributed by atoms with Crippen LogP contribution in [0.25, 0.3) is 0 Å². The predicted octanol–water partition coefficient (Wildman–Crippen LogP) is 2.12. The highest BCUT2D eigenvalue weighted by Gasteiger charge is 2.54. The van der Waals surface area contributed by atoms with Crippen LogP contribution in [0.2, 0.25) is 0 Å². The van der Waals surface area contributed by atoms with E-state index in [1.54, 1.807) is 16.7 Å². The maximum Gasteiger partial charge on any atom is 0.276 e. The number of amides is 2. The first kappa shape index (κ1) is 21.3. The molecule has 2 aromatic heterocycles. The summed E-state index contributed by atoms with van der Waals surface area (Å²) >= 11 is 0. The van der Waals surface area contributed by atoms with E-state index >= 15 is 0 Å². The van der Waals surface area contributed by atoms with Gasteiger partial charge >= 0.3 is 0 Å². The summed E-state index contributed by atoms with van der Waals surface area (Å²) in [5, 5.41) is 9.04. The highest BCUT2D eigenvalue weighted by Crippen LogP contribution is 2.59. The van der Waals surface area contributed by atoms with Crippen LogP contribution in [-0.2, 0) is 10.5 Å². The Balaban J connectivity index is 1.30. The SMILES string of the molecule is Cc1cc(Nc2cc(NC(=O)C3(CN)CC3)ncn2)c(=O)n2c1C(=O)NC21CCC2(CC2)CC1. The third kappa shape index (κ3) is 3.23. The predicted molar refractivity (Wildman–Crippen MR) is 126 cm³/mol. The average Bonchev–Trinajstić information content (AvgIpc) is 3.74.